The van der Waals surface area contributed by atoms with Crippen molar-refractivity contribution in [3.05, 3.63) is 23.3 Å². The van der Waals surface area contributed by atoms with Crippen LogP contribution in [0.4, 0.5) is 5.69 Å². The molecular weight excluding hydrogens is 314 g/mol. The molecule has 0 aliphatic rings. The van der Waals surface area contributed by atoms with Crippen LogP contribution in [0.25, 0.3) is 0 Å². The largest absolute Gasteiger partial charge is 0.330 e. The lowest BCUT2D eigenvalue weighted by atomic mass is 10.1. The van der Waals surface area contributed by atoms with Crippen molar-refractivity contribution in [3.8, 4) is 0 Å². The van der Waals surface area contributed by atoms with Crippen molar-refractivity contribution in [2.45, 2.75) is 39.5 Å². The summed E-state index contributed by atoms with van der Waals surface area (Å²) in [5.41, 5.74) is 7.68. The number of hydrogen-bond donors (Lipinski definition) is 2. The zero-order valence-corrected chi connectivity index (χ0v) is 15.3. The molecule has 23 heavy (non-hydrogen) atoms. The Hall–Kier alpha value is -1.44. The number of sulfonamides is 1. The molecule has 1 aromatic carbocycles. The van der Waals surface area contributed by atoms with Gasteiger partial charge in [0.25, 0.3) is 0 Å². The van der Waals surface area contributed by atoms with Crippen LogP contribution in [0.1, 0.15) is 31.9 Å². The third kappa shape index (κ3) is 4.31. The molecule has 0 spiro atoms. The number of benzene rings is 1. The van der Waals surface area contributed by atoms with Crippen LogP contribution in [-0.4, -0.2) is 38.3 Å². The van der Waals surface area contributed by atoms with Crippen LogP contribution in [0.2, 0.25) is 0 Å². The van der Waals surface area contributed by atoms with E-state index in [2.05, 4.69) is 5.32 Å². The van der Waals surface area contributed by atoms with Gasteiger partial charge in [-0.15, -0.1) is 0 Å². The molecule has 0 aromatic heterocycles. The fourth-order valence-corrected chi connectivity index (χ4v) is 3.75. The maximum atomic E-state index is 12.7. The van der Waals surface area contributed by atoms with Crippen LogP contribution in [0.15, 0.2) is 17.0 Å². The third-order valence-corrected chi connectivity index (χ3v) is 6.07. The van der Waals surface area contributed by atoms with Crippen LogP contribution >= 0.6 is 0 Å². The number of carbonyl (C=O) groups excluding carboxylic acids is 1. The van der Waals surface area contributed by atoms with Crippen molar-refractivity contribution in [2.75, 3.05) is 25.0 Å². The third-order valence-electron chi connectivity index (χ3n) is 4.04. The van der Waals surface area contributed by atoms with Gasteiger partial charge in [-0.05, 0) is 37.1 Å². The molecule has 1 aromatic rings. The van der Waals surface area contributed by atoms with Gasteiger partial charge in [-0.2, -0.15) is 4.31 Å². The molecule has 0 bridgehead atoms. The van der Waals surface area contributed by atoms with Crippen LogP contribution in [0.3, 0.4) is 0 Å². The van der Waals surface area contributed by atoms with Gasteiger partial charge in [0.2, 0.25) is 15.9 Å². The lowest BCUT2D eigenvalue weighted by Crippen LogP contribution is -2.31. The van der Waals surface area contributed by atoms with Gasteiger partial charge in [0.1, 0.15) is 0 Å². The molecule has 1 amide bonds. The highest BCUT2D eigenvalue weighted by atomic mass is 32.2. The first-order chi connectivity index (χ1) is 10.7. The first-order valence-electron chi connectivity index (χ1n) is 7.81. The minimum atomic E-state index is -3.57. The molecule has 7 heteroatoms. The van der Waals surface area contributed by atoms with Crippen molar-refractivity contribution in [2.24, 2.45) is 11.7 Å². The number of rotatable bonds is 7. The Balaban J connectivity index is 3.31. The number of hydrogen-bond acceptors (Lipinski definition) is 4. The molecular formula is C16H27N3O3S. The maximum Gasteiger partial charge on any atom is 0.243 e. The Morgan fingerprint density at radius 1 is 1.26 bits per heavy atom. The number of nitrogens with two attached hydrogens (primary N) is 1. The Bertz CT molecular complexity index is 667. The van der Waals surface area contributed by atoms with E-state index >= 15 is 0 Å². The zero-order chi connectivity index (χ0) is 17.8. The fraction of sp³-hybridized carbons (Fsp3) is 0.562. The van der Waals surface area contributed by atoms with Gasteiger partial charge in [0.15, 0.2) is 0 Å². The van der Waals surface area contributed by atoms with Crippen molar-refractivity contribution in [3.63, 3.8) is 0 Å². The lowest BCUT2D eigenvalue weighted by Gasteiger charge is -2.21. The van der Waals surface area contributed by atoms with Crippen LogP contribution in [0.5, 0.6) is 0 Å². The number of anilines is 1. The summed E-state index contributed by atoms with van der Waals surface area (Å²) in [7, 11) is -3.57. The molecule has 130 valence electrons. The van der Waals surface area contributed by atoms with Gasteiger partial charge in [-0.1, -0.05) is 20.8 Å². The van der Waals surface area contributed by atoms with E-state index in [1.165, 1.54) is 10.4 Å². The van der Waals surface area contributed by atoms with Crippen molar-refractivity contribution >= 4 is 21.6 Å². The summed E-state index contributed by atoms with van der Waals surface area (Å²) in [6, 6.07) is 3.17. The molecule has 6 nitrogen and oxygen atoms in total. The monoisotopic (exact) mass is 341 g/mol. The molecule has 0 aliphatic carbocycles. The van der Waals surface area contributed by atoms with E-state index in [4.69, 9.17) is 5.73 Å². The molecule has 0 fully saturated rings. The summed E-state index contributed by atoms with van der Waals surface area (Å²) in [5.74, 6) is -0.551. The van der Waals surface area contributed by atoms with Crippen molar-refractivity contribution < 1.29 is 13.2 Å². The summed E-state index contributed by atoms with van der Waals surface area (Å²) >= 11 is 0. The highest BCUT2D eigenvalue weighted by Crippen LogP contribution is 2.26. The van der Waals surface area contributed by atoms with Gasteiger partial charge in [-0.25, -0.2) is 8.42 Å². The average molecular weight is 341 g/mol. The van der Waals surface area contributed by atoms with E-state index in [-0.39, 0.29) is 23.3 Å². The standard InChI is InChI=1S/C16H27N3O3S/c1-6-19(7-2)23(21,22)14-8-11(3)13(5)15(9-14)18-16(20)12(4)10-17/h8-9,12H,6-7,10,17H2,1-5H3,(H,18,20). The summed E-state index contributed by atoms with van der Waals surface area (Å²) in [6.07, 6.45) is 0. The van der Waals surface area contributed by atoms with E-state index in [1.54, 1.807) is 26.8 Å². The first kappa shape index (κ1) is 19.6. The number of nitrogens with zero attached hydrogens (tertiary/aromatic N) is 1. The van der Waals surface area contributed by atoms with E-state index in [0.29, 0.717) is 18.8 Å². The van der Waals surface area contributed by atoms with Crippen molar-refractivity contribution in [1.29, 1.82) is 0 Å². The van der Waals surface area contributed by atoms with Crippen LogP contribution < -0.4 is 11.1 Å². The van der Waals surface area contributed by atoms with Crippen LogP contribution in [0, 0.1) is 19.8 Å². The van der Waals surface area contributed by atoms with Gasteiger partial charge >= 0.3 is 0 Å². The second-order valence-corrected chi connectivity index (χ2v) is 7.57. The molecule has 0 radical (unpaired) electrons. The summed E-state index contributed by atoms with van der Waals surface area (Å²) in [5, 5.41) is 2.79. The predicted molar refractivity (Wildman–Crippen MR) is 92.9 cm³/mol. The number of amides is 1. The van der Waals surface area contributed by atoms with Gasteiger partial charge in [-0.3, -0.25) is 4.79 Å². The van der Waals surface area contributed by atoms with E-state index < -0.39 is 10.0 Å². The maximum absolute atomic E-state index is 12.7. The first-order valence-corrected chi connectivity index (χ1v) is 9.25. The average Bonchev–Trinajstić information content (AvgIpc) is 2.51. The van der Waals surface area contributed by atoms with Gasteiger partial charge in [0, 0.05) is 31.2 Å². The zero-order valence-electron chi connectivity index (χ0n) is 14.5. The minimum absolute atomic E-state index is 0.194. The fourth-order valence-electron chi connectivity index (χ4n) is 2.18. The lowest BCUT2D eigenvalue weighted by molar-refractivity contribution is -0.119. The molecule has 0 heterocycles. The van der Waals surface area contributed by atoms with E-state index in [0.717, 1.165) is 11.1 Å². The summed E-state index contributed by atoms with van der Waals surface area (Å²) in [6.45, 7) is 10.1. The number of carbonyl (C=O) groups is 1. The molecule has 3 N–H and O–H groups in total. The SMILES string of the molecule is CCN(CC)S(=O)(=O)c1cc(C)c(C)c(NC(=O)C(C)CN)c1. The molecule has 1 atom stereocenters. The molecule has 1 unspecified atom stereocenters. The summed E-state index contributed by atoms with van der Waals surface area (Å²) in [4.78, 5) is 12.3. The topological polar surface area (TPSA) is 92.5 Å². The predicted octanol–water partition coefficient (Wildman–Crippen LogP) is 1.87. The Labute approximate surface area is 139 Å². The number of aryl methyl sites for hydroxylation is 1. The molecule has 0 saturated carbocycles. The normalized spacial score (nSPS) is 13.2. The second-order valence-electron chi connectivity index (χ2n) is 5.63. The van der Waals surface area contributed by atoms with Gasteiger partial charge in [0.05, 0.1) is 4.90 Å². The molecule has 0 saturated heterocycles. The van der Waals surface area contributed by atoms with E-state index in [9.17, 15) is 13.2 Å². The number of nitrogens with one attached hydrogen (secondary N) is 1. The van der Waals surface area contributed by atoms with Crippen LogP contribution in [-0.2, 0) is 14.8 Å². The molecule has 1 rings (SSSR count). The Kier molecular flexibility index (Phi) is 6.73. The quantitative estimate of drug-likeness (QED) is 0.792. The Morgan fingerprint density at radius 2 is 1.83 bits per heavy atom. The Morgan fingerprint density at radius 3 is 2.30 bits per heavy atom. The highest BCUT2D eigenvalue weighted by Gasteiger charge is 2.24. The summed E-state index contributed by atoms with van der Waals surface area (Å²) < 4.78 is 26.8. The van der Waals surface area contributed by atoms with E-state index in [1.807, 2.05) is 13.8 Å². The molecule has 0 aliphatic heterocycles. The van der Waals surface area contributed by atoms with Crippen molar-refractivity contribution in [1.82, 2.24) is 4.31 Å². The van der Waals surface area contributed by atoms with Gasteiger partial charge < -0.3 is 11.1 Å². The second kappa shape index (κ2) is 7.90. The minimum Gasteiger partial charge on any atom is -0.330 e. The highest BCUT2D eigenvalue weighted by molar-refractivity contribution is 7.89. The smallest absolute Gasteiger partial charge is 0.243 e.